The first kappa shape index (κ1) is 12.8. The van der Waals surface area contributed by atoms with Crippen molar-refractivity contribution in [1.29, 1.82) is 0 Å². The van der Waals surface area contributed by atoms with Crippen LogP contribution in [0.4, 0.5) is 4.79 Å². The Morgan fingerprint density at radius 3 is 2.50 bits per heavy atom. The van der Waals surface area contributed by atoms with Crippen molar-refractivity contribution in [2.75, 3.05) is 19.6 Å². The fourth-order valence-electron chi connectivity index (χ4n) is 0.774. The second kappa shape index (κ2) is 6.26. The molecule has 0 bridgehead atoms. The molecule has 0 saturated carbocycles. The largest absolute Gasteiger partial charge is 0.480 e. The zero-order valence-electron chi connectivity index (χ0n) is 7.92. The van der Waals surface area contributed by atoms with E-state index < -0.39 is 12.0 Å². The molecule has 6 heteroatoms. The van der Waals surface area contributed by atoms with E-state index in [1.807, 2.05) is 0 Å². The van der Waals surface area contributed by atoms with Crippen LogP contribution in [0.2, 0.25) is 0 Å². The lowest BCUT2D eigenvalue weighted by atomic mass is 10.5. The Morgan fingerprint density at radius 1 is 1.57 bits per heavy atom. The Kier molecular flexibility index (Phi) is 5.71. The van der Waals surface area contributed by atoms with E-state index in [0.29, 0.717) is 11.6 Å². The Bertz CT molecular complexity index is 243. The van der Waals surface area contributed by atoms with Gasteiger partial charge in [0.25, 0.3) is 0 Å². The lowest BCUT2D eigenvalue weighted by molar-refractivity contribution is -0.137. The van der Waals surface area contributed by atoms with E-state index in [9.17, 15) is 9.59 Å². The number of likely N-dealkylation sites (N-methyl/N-ethyl adjacent to an activating group) is 1. The number of halogens is 1. The van der Waals surface area contributed by atoms with Crippen molar-refractivity contribution in [3.63, 3.8) is 0 Å². The zero-order valence-corrected chi connectivity index (χ0v) is 8.67. The molecule has 0 unspecified atom stereocenters. The van der Waals surface area contributed by atoms with Gasteiger partial charge in [0.15, 0.2) is 0 Å². The van der Waals surface area contributed by atoms with Gasteiger partial charge in [0.05, 0.1) is 6.54 Å². The molecule has 2 N–H and O–H groups in total. The van der Waals surface area contributed by atoms with Crippen molar-refractivity contribution in [2.45, 2.75) is 6.92 Å². The highest BCUT2D eigenvalue weighted by molar-refractivity contribution is 6.29. The highest BCUT2D eigenvalue weighted by Crippen LogP contribution is 1.94. The molecule has 0 aromatic heterocycles. The van der Waals surface area contributed by atoms with Crippen molar-refractivity contribution in [1.82, 2.24) is 10.2 Å². The molecule has 0 rings (SSSR count). The van der Waals surface area contributed by atoms with E-state index in [2.05, 4.69) is 11.9 Å². The van der Waals surface area contributed by atoms with Crippen LogP contribution in [0, 0.1) is 0 Å². The van der Waals surface area contributed by atoms with Gasteiger partial charge in [0.1, 0.15) is 6.54 Å². The third kappa shape index (κ3) is 5.42. The van der Waals surface area contributed by atoms with E-state index in [4.69, 9.17) is 16.7 Å². The molecular weight excluding hydrogens is 208 g/mol. The Hall–Kier alpha value is -1.23. The second-order valence-corrected chi connectivity index (χ2v) is 3.12. The van der Waals surface area contributed by atoms with Gasteiger partial charge in [0, 0.05) is 11.6 Å². The number of carboxylic acid groups (broad SMARTS) is 1. The molecule has 0 fully saturated rings. The third-order valence-corrected chi connectivity index (χ3v) is 1.56. The lowest BCUT2D eigenvalue weighted by Gasteiger charge is -2.18. The average molecular weight is 221 g/mol. The first-order chi connectivity index (χ1) is 6.47. The fraction of sp³-hybridized carbons (Fsp3) is 0.500. The van der Waals surface area contributed by atoms with Crippen LogP contribution >= 0.6 is 11.6 Å². The van der Waals surface area contributed by atoms with Crippen LogP contribution in [-0.2, 0) is 4.79 Å². The van der Waals surface area contributed by atoms with Crippen molar-refractivity contribution in [2.24, 2.45) is 0 Å². The van der Waals surface area contributed by atoms with E-state index in [0.717, 1.165) is 4.90 Å². The average Bonchev–Trinajstić information content (AvgIpc) is 2.09. The summed E-state index contributed by atoms with van der Waals surface area (Å²) in [6.45, 7) is 5.22. The van der Waals surface area contributed by atoms with Gasteiger partial charge in [-0.25, -0.2) is 4.79 Å². The summed E-state index contributed by atoms with van der Waals surface area (Å²) in [6, 6.07) is -0.461. The van der Waals surface area contributed by atoms with Crippen molar-refractivity contribution >= 4 is 23.6 Å². The van der Waals surface area contributed by atoms with Crippen LogP contribution < -0.4 is 5.32 Å². The Labute approximate surface area is 87.3 Å². The number of rotatable bonds is 5. The summed E-state index contributed by atoms with van der Waals surface area (Å²) in [6.07, 6.45) is 0. The first-order valence-corrected chi connectivity index (χ1v) is 4.43. The summed E-state index contributed by atoms with van der Waals surface area (Å²) in [5.74, 6) is -1.05. The van der Waals surface area contributed by atoms with Gasteiger partial charge in [-0.2, -0.15) is 0 Å². The van der Waals surface area contributed by atoms with Gasteiger partial charge >= 0.3 is 12.0 Å². The zero-order chi connectivity index (χ0) is 11.1. The second-order valence-electron chi connectivity index (χ2n) is 2.58. The van der Waals surface area contributed by atoms with Crippen LogP contribution in [0.1, 0.15) is 6.92 Å². The molecule has 0 radical (unpaired) electrons. The quantitative estimate of drug-likeness (QED) is 0.722. The maximum Gasteiger partial charge on any atom is 0.323 e. The fourth-order valence-corrected chi connectivity index (χ4v) is 0.841. The standard InChI is InChI=1S/C8H13ClN2O3/c1-3-11(5-7(12)13)8(14)10-4-6(2)9/h2-5H2,1H3,(H,10,14)(H,12,13). The van der Waals surface area contributed by atoms with Gasteiger partial charge in [-0.05, 0) is 6.92 Å². The topological polar surface area (TPSA) is 69.6 Å². The minimum atomic E-state index is -1.05. The number of hydrogen-bond acceptors (Lipinski definition) is 2. The molecule has 2 amide bonds. The van der Waals surface area contributed by atoms with E-state index in [1.54, 1.807) is 6.92 Å². The van der Waals surface area contributed by atoms with E-state index in [-0.39, 0.29) is 13.1 Å². The van der Waals surface area contributed by atoms with Crippen LogP contribution in [0.3, 0.4) is 0 Å². The molecular formula is C8H13ClN2O3. The smallest absolute Gasteiger partial charge is 0.323 e. The molecule has 0 saturated heterocycles. The number of amides is 2. The summed E-state index contributed by atoms with van der Waals surface area (Å²) in [4.78, 5) is 22.8. The molecule has 0 aromatic rings. The van der Waals surface area contributed by atoms with Gasteiger partial charge in [-0.15, -0.1) is 0 Å². The summed E-state index contributed by atoms with van der Waals surface area (Å²) in [5.41, 5.74) is 0. The van der Waals surface area contributed by atoms with Crippen molar-refractivity contribution in [3.05, 3.63) is 11.6 Å². The number of nitrogens with zero attached hydrogens (tertiary/aromatic N) is 1. The minimum absolute atomic E-state index is 0.135. The summed E-state index contributed by atoms with van der Waals surface area (Å²) in [7, 11) is 0. The molecule has 0 heterocycles. The minimum Gasteiger partial charge on any atom is -0.480 e. The summed E-state index contributed by atoms with van der Waals surface area (Å²) in [5, 5.41) is 11.2. The SMILES string of the molecule is C=C(Cl)CNC(=O)N(CC)CC(=O)O. The monoisotopic (exact) mass is 220 g/mol. The molecule has 14 heavy (non-hydrogen) atoms. The first-order valence-electron chi connectivity index (χ1n) is 4.05. The molecule has 0 aliphatic heterocycles. The van der Waals surface area contributed by atoms with Crippen molar-refractivity contribution in [3.8, 4) is 0 Å². The van der Waals surface area contributed by atoms with Crippen molar-refractivity contribution < 1.29 is 14.7 Å². The number of carbonyl (C=O) groups excluding carboxylic acids is 1. The van der Waals surface area contributed by atoms with E-state index in [1.165, 1.54) is 0 Å². The van der Waals surface area contributed by atoms with E-state index >= 15 is 0 Å². The van der Waals surface area contributed by atoms with Gasteiger partial charge in [-0.1, -0.05) is 18.2 Å². The van der Waals surface area contributed by atoms with Crippen LogP contribution in [0.15, 0.2) is 11.6 Å². The predicted molar refractivity (Wildman–Crippen MR) is 53.3 cm³/mol. The summed E-state index contributed by atoms with van der Waals surface area (Å²) >= 11 is 5.43. The summed E-state index contributed by atoms with van der Waals surface area (Å²) < 4.78 is 0. The normalized spacial score (nSPS) is 9.29. The molecule has 0 aromatic carbocycles. The van der Waals surface area contributed by atoms with Crippen LogP contribution in [-0.4, -0.2) is 41.6 Å². The predicted octanol–water partition coefficient (Wildman–Crippen LogP) is 0.855. The van der Waals surface area contributed by atoms with Gasteiger partial charge < -0.3 is 15.3 Å². The maximum absolute atomic E-state index is 11.3. The highest BCUT2D eigenvalue weighted by Gasteiger charge is 2.13. The molecule has 0 aliphatic rings. The number of carboxylic acids is 1. The highest BCUT2D eigenvalue weighted by atomic mass is 35.5. The van der Waals surface area contributed by atoms with Crippen LogP contribution in [0.25, 0.3) is 0 Å². The lowest BCUT2D eigenvalue weighted by Crippen LogP contribution is -2.42. The molecule has 80 valence electrons. The van der Waals surface area contributed by atoms with Gasteiger partial charge in [-0.3, -0.25) is 4.79 Å². The van der Waals surface area contributed by atoms with Crippen LogP contribution in [0.5, 0.6) is 0 Å². The molecule has 0 spiro atoms. The maximum atomic E-state index is 11.3. The molecule has 0 aliphatic carbocycles. The number of nitrogens with one attached hydrogen (secondary N) is 1. The molecule has 5 nitrogen and oxygen atoms in total. The third-order valence-electron chi connectivity index (χ3n) is 1.43. The number of aliphatic carboxylic acids is 1. The number of urea groups is 1. The number of carbonyl (C=O) groups is 2. The number of hydrogen-bond donors (Lipinski definition) is 2. The Morgan fingerprint density at radius 2 is 2.14 bits per heavy atom. The molecule has 0 atom stereocenters. The Balaban J connectivity index is 4.04. The van der Waals surface area contributed by atoms with Gasteiger partial charge in [0.2, 0.25) is 0 Å².